The van der Waals surface area contributed by atoms with Gasteiger partial charge in [-0.1, -0.05) is 70.0 Å². The van der Waals surface area contributed by atoms with Crippen molar-refractivity contribution in [1.82, 2.24) is 4.31 Å². The van der Waals surface area contributed by atoms with E-state index in [2.05, 4.69) is 21.2 Å². The molecule has 1 aliphatic heterocycles. The quantitative estimate of drug-likeness (QED) is 0.615. The van der Waals surface area contributed by atoms with Crippen LogP contribution in [0.3, 0.4) is 0 Å². The van der Waals surface area contributed by atoms with Crippen molar-refractivity contribution in [2.24, 2.45) is 0 Å². The van der Waals surface area contributed by atoms with Gasteiger partial charge in [0.15, 0.2) is 0 Å². The van der Waals surface area contributed by atoms with Gasteiger partial charge in [-0.2, -0.15) is 4.31 Å². The van der Waals surface area contributed by atoms with Crippen LogP contribution in [-0.4, -0.2) is 12.7 Å². The maximum Gasteiger partial charge on any atom is 0.247 e. The molecule has 0 bridgehead atoms. The Kier molecular flexibility index (Phi) is 4.80. The predicted molar refractivity (Wildman–Crippen MR) is 111 cm³/mol. The molecule has 0 amide bonds. The highest BCUT2D eigenvalue weighted by atomic mass is 79.9. The maximum atomic E-state index is 13.4. The summed E-state index contributed by atoms with van der Waals surface area (Å²) in [5.41, 5.74) is 3.59. The van der Waals surface area contributed by atoms with E-state index in [0.29, 0.717) is 17.1 Å². The lowest BCUT2D eigenvalue weighted by molar-refractivity contribution is 0.336. The fourth-order valence-electron chi connectivity index (χ4n) is 3.36. The molecule has 0 spiro atoms. The molecule has 0 saturated heterocycles. The Morgan fingerprint density at radius 2 is 1.74 bits per heavy atom. The van der Waals surface area contributed by atoms with Crippen molar-refractivity contribution in [1.29, 1.82) is 0 Å². The van der Waals surface area contributed by atoms with E-state index in [1.807, 2.05) is 67.6 Å². The van der Waals surface area contributed by atoms with Crippen LogP contribution in [0.2, 0.25) is 0 Å². The number of rotatable bonds is 3. The van der Waals surface area contributed by atoms with Crippen LogP contribution < -0.4 is 5.32 Å². The molecule has 4 nitrogen and oxygen atoms in total. The summed E-state index contributed by atoms with van der Waals surface area (Å²) in [4.78, 5) is 0.311. The van der Waals surface area contributed by atoms with Crippen molar-refractivity contribution < 1.29 is 8.42 Å². The average Bonchev–Trinajstić information content (AvgIpc) is 2.65. The Labute approximate surface area is 168 Å². The van der Waals surface area contributed by atoms with Crippen molar-refractivity contribution in [2.75, 3.05) is 5.32 Å². The molecule has 3 aromatic carbocycles. The molecule has 4 rings (SSSR count). The first-order chi connectivity index (χ1) is 12.9. The third-order valence-electron chi connectivity index (χ3n) is 4.66. The fourth-order valence-corrected chi connectivity index (χ4v) is 5.30. The van der Waals surface area contributed by atoms with Crippen LogP contribution in [0, 0.1) is 6.92 Å². The number of hydrogen-bond acceptors (Lipinski definition) is 3. The lowest BCUT2D eigenvalue weighted by Crippen LogP contribution is -2.42. The molecule has 1 atom stereocenters. The first kappa shape index (κ1) is 18.2. The number of anilines is 1. The number of halogens is 1. The molecule has 1 aliphatic rings. The number of nitrogens with zero attached hydrogens (tertiary/aromatic N) is 1. The summed E-state index contributed by atoms with van der Waals surface area (Å²) in [6.07, 6.45) is -0.474. The third-order valence-corrected chi connectivity index (χ3v) is 7.06. The minimum atomic E-state index is -3.64. The number of benzene rings is 3. The molecule has 0 radical (unpaired) electrons. The Balaban J connectivity index is 1.83. The van der Waals surface area contributed by atoms with Crippen LogP contribution in [0.15, 0.2) is 82.2 Å². The Hall–Kier alpha value is -2.15. The summed E-state index contributed by atoms with van der Waals surface area (Å²) in [5.74, 6) is 0. The molecule has 6 heteroatoms. The zero-order valence-electron chi connectivity index (χ0n) is 14.8. The standard InChI is InChI=1S/C21H19BrN2O2S/c1-15-5-4-6-16(13-15)14-24-21(17-9-11-18(22)12-10-17)23-19-7-2-3-8-20(19)27(24,25)26/h2-13,21,23H,14H2,1H3/t21-/m0/s1. The van der Waals surface area contributed by atoms with E-state index >= 15 is 0 Å². The molecule has 1 N–H and O–H groups in total. The second-order valence-corrected chi connectivity index (χ2v) is 9.41. The number of aryl methyl sites for hydroxylation is 1. The summed E-state index contributed by atoms with van der Waals surface area (Å²) in [5, 5.41) is 3.40. The number of hydrogen-bond donors (Lipinski definition) is 1. The molecule has 0 saturated carbocycles. The van der Waals surface area contributed by atoms with E-state index in [-0.39, 0.29) is 0 Å². The van der Waals surface area contributed by atoms with E-state index in [4.69, 9.17) is 0 Å². The van der Waals surface area contributed by atoms with E-state index in [1.54, 1.807) is 12.1 Å². The van der Waals surface area contributed by atoms with Gasteiger partial charge in [-0.15, -0.1) is 0 Å². The average molecular weight is 443 g/mol. The SMILES string of the molecule is Cc1cccc(CN2[C@@H](c3ccc(Br)cc3)Nc3ccccc3S2(=O)=O)c1. The Bertz CT molecular complexity index is 1080. The van der Waals surface area contributed by atoms with Gasteiger partial charge in [0.1, 0.15) is 11.1 Å². The van der Waals surface area contributed by atoms with E-state index in [0.717, 1.165) is 21.2 Å². The van der Waals surface area contributed by atoms with Crippen molar-refractivity contribution >= 4 is 31.6 Å². The van der Waals surface area contributed by atoms with Gasteiger partial charge in [0.05, 0.1) is 5.69 Å². The number of fused-ring (bicyclic) bond motifs is 1. The van der Waals surface area contributed by atoms with Crippen molar-refractivity contribution in [3.63, 3.8) is 0 Å². The first-order valence-electron chi connectivity index (χ1n) is 8.63. The van der Waals surface area contributed by atoms with Crippen LogP contribution in [-0.2, 0) is 16.6 Å². The van der Waals surface area contributed by atoms with Crippen molar-refractivity contribution in [3.05, 3.63) is 94.0 Å². The molecule has 138 valence electrons. The molecule has 1 heterocycles. The lowest BCUT2D eigenvalue weighted by Gasteiger charge is -2.37. The van der Waals surface area contributed by atoms with Crippen molar-refractivity contribution in [2.45, 2.75) is 24.5 Å². The van der Waals surface area contributed by atoms with Gasteiger partial charge in [-0.3, -0.25) is 0 Å². The largest absolute Gasteiger partial charge is 0.364 e. The summed E-state index contributed by atoms with van der Waals surface area (Å²) in [7, 11) is -3.64. The fraction of sp³-hybridized carbons (Fsp3) is 0.143. The van der Waals surface area contributed by atoms with Crippen LogP contribution in [0.5, 0.6) is 0 Å². The molecular weight excluding hydrogens is 424 g/mol. The molecule has 3 aromatic rings. The summed E-state index contributed by atoms with van der Waals surface area (Å²) in [6, 6.07) is 22.7. The second-order valence-electron chi connectivity index (χ2n) is 6.63. The van der Waals surface area contributed by atoms with Gasteiger partial charge >= 0.3 is 0 Å². The monoisotopic (exact) mass is 442 g/mol. The highest BCUT2D eigenvalue weighted by Crippen LogP contribution is 2.39. The van der Waals surface area contributed by atoms with Crippen molar-refractivity contribution in [3.8, 4) is 0 Å². The zero-order chi connectivity index (χ0) is 19.0. The highest BCUT2D eigenvalue weighted by molar-refractivity contribution is 9.10. The van der Waals surface area contributed by atoms with Gasteiger partial charge in [0.2, 0.25) is 10.0 Å². The number of nitrogens with one attached hydrogen (secondary N) is 1. The Morgan fingerprint density at radius 1 is 1.00 bits per heavy atom. The topological polar surface area (TPSA) is 49.4 Å². The van der Waals surface area contributed by atoms with Gasteiger partial charge in [-0.25, -0.2) is 8.42 Å². The minimum absolute atomic E-state index is 0.298. The van der Waals surface area contributed by atoms with Gasteiger partial charge < -0.3 is 5.32 Å². The normalized spacial score (nSPS) is 18.5. The number of para-hydroxylation sites is 1. The van der Waals surface area contributed by atoms with Crippen LogP contribution in [0.4, 0.5) is 5.69 Å². The third kappa shape index (κ3) is 3.52. The van der Waals surface area contributed by atoms with Gasteiger partial charge in [0.25, 0.3) is 0 Å². The van der Waals surface area contributed by atoms with Crippen LogP contribution >= 0.6 is 15.9 Å². The second kappa shape index (κ2) is 7.11. The smallest absolute Gasteiger partial charge is 0.247 e. The molecular formula is C21H19BrN2O2S. The molecule has 0 fully saturated rings. The lowest BCUT2D eigenvalue weighted by atomic mass is 10.1. The maximum absolute atomic E-state index is 13.4. The summed E-state index contributed by atoms with van der Waals surface area (Å²) < 4.78 is 29.3. The van der Waals surface area contributed by atoms with Gasteiger partial charge in [0, 0.05) is 11.0 Å². The minimum Gasteiger partial charge on any atom is -0.364 e. The number of sulfonamides is 1. The Morgan fingerprint density at radius 3 is 2.48 bits per heavy atom. The summed E-state index contributed by atoms with van der Waals surface area (Å²) in [6.45, 7) is 2.31. The summed E-state index contributed by atoms with van der Waals surface area (Å²) >= 11 is 3.44. The van der Waals surface area contributed by atoms with Crippen LogP contribution in [0.25, 0.3) is 0 Å². The van der Waals surface area contributed by atoms with E-state index in [1.165, 1.54) is 4.31 Å². The highest BCUT2D eigenvalue weighted by Gasteiger charge is 2.38. The van der Waals surface area contributed by atoms with E-state index < -0.39 is 16.2 Å². The van der Waals surface area contributed by atoms with E-state index in [9.17, 15) is 8.42 Å². The molecule has 0 aromatic heterocycles. The predicted octanol–water partition coefficient (Wildman–Crippen LogP) is 5.07. The molecule has 27 heavy (non-hydrogen) atoms. The molecule has 0 unspecified atom stereocenters. The zero-order valence-corrected chi connectivity index (χ0v) is 17.2. The first-order valence-corrected chi connectivity index (χ1v) is 10.9. The van der Waals surface area contributed by atoms with Crippen LogP contribution in [0.1, 0.15) is 22.9 Å². The van der Waals surface area contributed by atoms with Gasteiger partial charge in [-0.05, 0) is 42.3 Å². The molecule has 0 aliphatic carbocycles.